The van der Waals surface area contributed by atoms with Crippen LogP contribution >= 0.6 is 0 Å². The zero-order valence-electron chi connectivity index (χ0n) is 10.4. The van der Waals surface area contributed by atoms with E-state index in [9.17, 15) is 18.0 Å². The molecule has 0 spiro atoms. The minimum absolute atomic E-state index is 0.00298. The molecule has 0 saturated carbocycles. The number of carboxylic acid groups (broad SMARTS) is 1. The normalized spacial score (nSPS) is 12.4. The molecule has 20 heavy (non-hydrogen) atoms. The Labute approximate surface area is 112 Å². The average Bonchev–Trinajstić information content (AvgIpc) is 2.34. The highest BCUT2D eigenvalue weighted by Crippen LogP contribution is 2.28. The van der Waals surface area contributed by atoms with Crippen LogP contribution < -0.4 is 5.73 Å². The van der Waals surface area contributed by atoms with Crippen LogP contribution in [0.15, 0.2) is 12.1 Å². The number of hydrogen-bond donors (Lipinski definition) is 2. The Balaban J connectivity index is 2.80. The molecule has 1 atom stereocenters. The van der Waals surface area contributed by atoms with E-state index in [0.717, 1.165) is 12.1 Å². The van der Waals surface area contributed by atoms with Crippen LogP contribution in [0, 0.1) is 11.8 Å². The maximum absolute atomic E-state index is 12.4. The van der Waals surface area contributed by atoms with Crippen molar-refractivity contribution in [2.45, 2.75) is 19.2 Å². The molecular formula is C12H11F3N2O3. The SMILES string of the molecule is CC(OCC#Cc1nc(C(F)(F)F)ccc1N)C(=O)O. The standard InChI is InChI=1S/C12H11F3N2O3/c1-7(11(18)19)20-6-2-3-9-8(16)4-5-10(17-9)12(13,14)15/h4-5,7H,6,16H2,1H3,(H,18,19). The van der Waals surface area contributed by atoms with Crippen molar-refractivity contribution in [3.05, 3.63) is 23.5 Å². The van der Waals surface area contributed by atoms with Gasteiger partial charge in [-0.05, 0) is 25.0 Å². The molecule has 0 bridgehead atoms. The van der Waals surface area contributed by atoms with E-state index in [4.69, 9.17) is 15.6 Å². The Hall–Kier alpha value is -2.27. The summed E-state index contributed by atoms with van der Waals surface area (Å²) in [5, 5.41) is 8.54. The highest BCUT2D eigenvalue weighted by Gasteiger charge is 2.32. The Morgan fingerprint density at radius 1 is 1.55 bits per heavy atom. The van der Waals surface area contributed by atoms with Crippen molar-refractivity contribution < 1.29 is 27.8 Å². The summed E-state index contributed by atoms with van der Waals surface area (Å²) >= 11 is 0. The van der Waals surface area contributed by atoms with E-state index >= 15 is 0 Å². The number of pyridine rings is 1. The summed E-state index contributed by atoms with van der Waals surface area (Å²) in [4.78, 5) is 13.7. The van der Waals surface area contributed by atoms with Crippen molar-refractivity contribution in [1.29, 1.82) is 0 Å². The number of aromatic nitrogens is 1. The summed E-state index contributed by atoms with van der Waals surface area (Å²) < 4.78 is 42.1. The second-order valence-corrected chi connectivity index (χ2v) is 3.73. The molecular weight excluding hydrogens is 277 g/mol. The predicted octanol–water partition coefficient (Wildman–Crippen LogP) is 1.52. The zero-order valence-corrected chi connectivity index (χ0v) is 10.4. The van der Waals surface area contributed by atoms with Gasteiger partial charge in [-0.15, -0.1) is 0 Å². The minimum Gasteiger partial charge on any atom is -0.479 e. The van der Waals surface area contributed by atoms with Gasteiger partial charge in [-0.3, -0.25) is 0 Å². The number of ether oxygens (including phenoxy) is 1. The van der Waals surface area contributed by atoms with Crippen LogP contribution in [0.4, 0.5) is 18.9 Å². The molecule has 0 fully saturated rings. The molecule has 3 N–H and O–H groups in total. The molecule has 0 aliphatic heterocycles. The fraction of sp³-hybridized carbons (Fsp3) is 0.333. The lowest BCUT2D eigenvalue weighted by Gasteiger charge is -2.06. The van der Waals surface area contributed by atoms with Crippen molar-refractivity contribution in [2.24, 2.45) is 0 Å². The number of hydrogen-bond acceptors (Lipinski definition) is 4. The van der Waals surface area contributed by atoms with Gasteiger partial charge >= 0.3 is 12.1 Å². The maximum atomic E-state index is 12.4. The van der Waals surface area contributed by atoms with Crippen molar-refractivity contribution in [3.8, 4) is 11.8 Å². The number of carboxylic acids is 1. The third-order valence-corrected chi connectivity index (χ3v) is 2.18. The highest BCUT2D eigenvalue weighted by atomic mass is 19.4. The molecule has 0 amide bonds. The summed E-state index contributed by atoms with van der Waals surface area (Å²) in [7, 11) is 0. The van der Waals surface area contributed by atoms with Crippen LogP contribution in [0.2, 0.25) is 0 Å². The fourth-order valence-corrected chi connectivity index (χ4v) is 1.09. The van der Waals surface area contributed by atoms with Crippen molar-refractivity contribution in [3.63, 3.8) is 0 Å². The number of anilines is 1. The first-order chi connectivity index (χ1) is 9.21. The van der Waals surface area contributed by atoms with Crippen LogP contribution in [0.1, 0.15) is 18.3 Å². The smallest absolute Gasteiger partial charge is 0.433 e. The monoisotopic (exact) mass is 288 g/mol. The number of alkyl halides is 3. The number of halogens is 3. The van der Waals surface area contributed by atoms with E-state index in [1.54, 1.807) is 0 Å². The topological polar surface area (TPSA) is 85.4 Å². The minimum atomic E-state index is -4.58. The van der Waals surface area contributed by atoms with Gasteiger partial charge in [0.25, 0.3) is 0 Å². The molecule has 8 heteroatoms. The molecule has 1 aromatic rings. The number of rotatable bonds is 3. The van der Waals surface area contributed by atoms with Gasteiger partial charge in [-0.2, -0.15) is 13.2 Å². The first kappa shape index (κ1) is 15.8. The van der Waals surface area contributed by atoms with Gasteiger partial charge in [-0.1, -0.05) is 5.92 Å². The van der Waals surface area contributed by atoms with E-state index in [-0.39, 0.29) is 18.0 Å². The first-order valence-electron chi connectivity index (χ1n) is 5.39. The predicted molar refractivity (Wildman–Crippen MR) is 63.6 cm³/mol. The maximum Gasteiger partial charge on any atom is 0.433 e. The second-order valence-electron chi connectivity index (χ2n) is 3.73. The summed E-state index contributed by atoms with van der Waals surface area (Å²) in [6.07, 6.45) is -5.64. The first-order valence-corrected chi connectivity index (χ1v) is 5.39. The molecule has 1 unspecified atom stereocenters. The Morgan fingerprint density at radius 2 is 2.20 bits per heavy atom. The molecule has 5 nitrogen and oxygen atoms in total. The van der Waals surface area contributed by atoms with Crippen LogP contribution in [0.3, 0.4) is 0 Å². The van der Waals surface area contributed by atoms with Gasteiger partial charge in [0.15, 0.2) is 6.10 Å². The lowest BCUT2D eigenvalue weighted by Crippen LogP contribution is -2.19. The number of nitrogens with two attached hydrogens (primary N) is 1. The number of nitrogens with zero attached hydrogens (tertiary/aromatic N) is 1. The molecule has 0 aliphatic carbocycles. The van der Waals surface area contributed by atoms with Crippen molar-refractivity contribution >= 4 is 11.7 Å². The summed E-state index contributed by atoms with van der Waals surface area (Å²) in [5.74, 6) is 3.51. The number of carbonyl (C=O) groups is 1. The fourth-order valence-electron chi connectivity index (χ4n) is 1.09. The van der Waals surface area contributed by atoms with Crippen LogP contribution in [-0.2, 0) is 15.7 Å². The molecule has 1 heterocycles. The Bertz CT molecular complexity index is 561. The Morgan fingerprint density at radius 3 is 2.75 bits per heavy atom. The van der Waals surface area contributed by atoms with Crippen molar-refractivity contribution in [1.82, 2.24) is 4.98 Å². The van der Waals surface area contributed by atoms with E-state index in [1.807, 2.05) is 0 Å². The van der Waals surface area contributed by atoms with E-state index in [1.165, 1.54) is 6.92 Å². The van der Waals surface area contributed by atoms with Crippen molar-refractivity contribution in [2.75, 3.05) is 12.3 Å². The quantitative estimate of drug-likeness (QED) is 0.824. The van der Waals surface area contributed by atoms with Gasteiger partial charge in [0, 0.05) is 0 Å². The van der Waals surface area contributed by atoms with Gasteiger partial charge < -0.3 is 15.6 Å². The van der Waals surface area contributed by atoms with Gasteiger partial charge in [0.05, 0.1) is 5.69 Å². The van der Waals surface area contributed by atoms with Crippen LogP contribution in [-0.4, -0.2) is 28.8 Å². The second kappa shape index (κ2) is 6.25. The molecule has 0 aromatic carbocycles. The lowest BCUT2D eigenvalue weighted by atomic mass is 10.2. The van der Waals surface area contributed by atoms with Crippen LogP contribution in [0.5, 0.6) is 0 Å². The largest absolute Gasteiger partial charge is 0.479 e. The van der Waals surface area contributed by atoms with Gasteiger partial charge in [-0.25, -0.2) is 9.78 Å². The molecule has 0 saturated heterocycles. The summed E-state index contributed by atoms with van der Waals surface area (Å²) in [6, 6.07) is 1.81. The van der Waals surface area contributed by atoms with E-state index < -0.39 is 23.9 Å². The van der Waals surface area contributed by atoms with Gasteiger partial charge in [0.1, 0.15) is 18.0 Å². The van der Waals surface area contributed by atoms with E-state index in [2.05, 4.69) is 16.8 Å². The van der Waals surface area contributed by atoms with Gasteiger partial charge in [0.2, 0.25) is 0 Å². The number of nitrogen functional groups attached to an aromatic ring is 1. The van der Waals surface area contributed by atoms with E-state index in [0.29, 0.717) is 0 Å². The molecule has 1 aromatic heterocycles. The Kier molecular flexibility index (Phi) is 4.94. The highest BCUT2D eigenvalue weighted by molar-refractivity contribution is 5.71. The summed E-state index contributed by atoms with van der Waals surface area (Å²) in [5.41, 5.74) is 4.12. The molecule has 0 radical (unpaired) electrons. The zero-order chi connectivity index (χ0) is 15.3. The third kappa shape index (κ3) is 4.44. The number of aliphatic carboxylic acids is 1. The average molecular weight is 288 g/mol. The van der Waals surface area contributed by atoms with Crippen LogP contribution in [0.25, 0.3) is 0 Å². The lowest BCUT2D eigenvalue weighted by molar-refractivity contribution is -0.148. The molecule has 0 aliphatic rings. The molecule has 108 valence electrons. The molecule has 1 rings (SSSR count). The third-order valence-electron chi connectivity index (χ3n) is 2.18. The summed E-state index contributed by atoms with van der Waals surface area (Å²) in [6.45, 7) is 1.05.